The average molecular weight is 236 g/mol. The van der Waals surface area contributed by atoms with E-state index in [1.165, 1.54) is 12.1 Å². The summed E-state index contributed by atoms with van der Waals surface area (Å²) >= 11 is 0. The van der Waals surface area contributed by atoms with Crippen molar-refractivity contribution in [1.29, 1.82) is 0 Å². The van der Waals surface area contributed by atoms with Crippen LogP contribution in [0, 0.1) is 10.1 Å². The number of nitrogens with zero attached hydrogens (tertiary/aromatic N) is 3. The van der Waals surface area contributed by atoms with Crippen molar-refractivity contribution in [3.63, 3.8) is 0 Å². The number of rotatable bonds is 4. The lowest BCUT2D eigenvalue weighted by Gasteiger charge is -2.01. The second-order valence-electron chi connectivity index (χ2n) is 3.30. The Morgan fingerprint density at radius 3 is 2.35 bits per heavy atom. The standard InChI is InChI=1S/C10H12N4O3/c1-7(8(2)13-15)11-12-9-3-5-10(6-4-9)14(16)17/h3-6,12,15H,1-2H3/b11-7-,13-8+. The summed E-state index contributed by atoms with van der Waals surface area (Å²) < 4.78 is 0. The first-order valence-corrected chi connectivity index (χ1v) is 4.78. The SMILES string of the molecule is CC(=N/Nc1ccc([N+](=O)[O-])cc1)/C(C)=N/O. The average Bonchev–Trinajstić information content (AvgIpc) is 2.35. The van der Waals surface area contributed by atoms with Crippen molar-refractivity contribution in [2.24, 2.45) is 10.3 Å². The molecule has 0 aromatic heterocycles. The van der Waals surface area contributed by atoms with Crippen molar-refractivity contribution in [2.75, 3.05) is 5.43 Å². The van der Waals surface area contributed by atoms with Gasteiger partial charge in [-0.3, -0.25) is 15.5 Å². The second-order valence-corrected chi connectivity index (χ2v) is 3.30. The van der Waals surface area contributed by atoms with Crippen LogP contribution in [-0.2, 0) is 0 Å². The molecule has 2 N–H and O–H groups in total. The smallest absolute Gasteiger partial charge is 0.269 e. The fourth-order valence-electron chi connectivity index (χ4n) is 0.959. The number of nitro benzene ring substituents is 1. The highest BCUT2D eigenvalue weighted by atomic mass is 16.6. The zero-order valence-corrected chi connectivity index (χ0v) is 9.41. The highest BCUT2D eigenvalue weighted by Gasteiger charge is 2.03. The lowest BCUT2D eigenvalue weighted by atomic mass is 10.3. The van der Waals surface area contributed by atoms with E-state index < -0.39 is 4.92 Å². The number of anilines is 1. The molecule has 0 amide bonds. The molecule has 7 heteroatoms. The molecule has 1 aromatic rings. The number of nitro groups is 1. The zero-order chi connectivity index (χ0) is 12.8. The van der Waals surface area contributed by atoms with E-state index in [1.54, 1.807) is 26.0 Å². The van der Waals surface area contributed by atoms with Gasteiger partial charge in [-0.05, 0) is 26.0 Å². The molecule has 0 saturated carbocycles. The predicted molar refractivity (Wildman–Crippen MR) is 64.7 cm³/mol. The maximum atomic E-state index is 10.4. The number of oxime groups is 1. The van der Waals surface area contributed by atoms with Gasteiger partial charge in [0.1, 0.15) is 0 Å². The van der Waals surface area contributed by atoms with Gasteiger partial charge in [0.15, 0.2) is 0 Å². The molecule has 0 unspecified atom stereocenters. The van der Waals surface area contributed by atoms with Gasteiger partial charge in [-0.1, -0.05) is 5.16 Å². The van der Waals surface area contributed by atoms with Crippen LogP contribution >= 0.6 is 0 Å². The summed E-state index contributed by atoms with van der Waals surface area (Å²) in [5.41, 5.74) is 4.24. The van der Waals surface area contributed by atoms with Gasteiger partial charge >= 0.3 is 0 Å². The fraction of sp³-hybridized carbons (Fsp3) is 0.200. The van der Waals surface area contributed by atoms with Crippen LogP contribution in [0.2, 0.25) is 0 Å². The Balaban J connectivity index is 2.74. The first-order valence-electron chi connectivity index (χ1n) is 4.78. The predicted octanol–water partition coefficient (Wildman–Crippen LogP) is 2.23. The molecule has 0 aliphatic rings. The molecule has 90 valence electrons. The molecular formula is C10H12N4O3. The van der Waals surface area contributed by atoms with E-state index in [-0.39, 0.29) is 5.69 Å². The summed E-state index contributed by atoms with van der Waals surface area (Å²) in [5, 5.41) is 25.9. The Morgan fingerprint density at radius 2 is 1.88 bits per heavy atom. The molecule has 1 aromatic carbocycles. The summed E-state index contributed by atoms with van der Waals surface area (Å²) in [4.78, 5) is 9.95. The van der Waals surface area contributed by atoms with Gasteiger partial charge in [-0.2, -0.15) is 5.10 Å². The number of benzene rings is 1. The van der Waals surface area contributed by atoms with Gasteiger partial charge in [0.25, 0.3) is 5.69 Å². The number of hydrogen-bond acceptors (Lipinski definition) is 6. The van der Waals surface area contributed by atoms with Crippen LogP contribution in [0.4, 0.5) is 11.4 Å². The third-order valence-corrected chi connectivity index (χ3v) is 2.10. The van der Waals surface area contributed by atoms with Crippen molar-refractivity contribution >= 4 is 22.8 Å². The van der Waals surface area contributed by atoms with Crippen molar-refractivity contribution in [1.82, 2.24) is 0 Å². The molecular weight excluding hydrogens is 224 g/mol. The minimum atomic E-state index is -0.471. The van der Waals surface area contributed by atoms with Gasteiger partial charge < -0.3 is 5.21 Å². The minimum Gasteiger partial charge on any atom is -0.411 e. The van der Waals surface area contributed by atoms with Crippen LogP contribution in [-0.4, -0.2) is 21.6 Å². The maximum Gasteiger partial charge on any atom is 0.269 e. The van der Waals surface area contributed by atoms with E-state index in [1.807, 2.05) is 0 Å². The van der Waals surface area contributed by atoms with Crippen molar-refractivity contribution in [3.05, 3.63) is 34.4 Å². The third-order valence-electron chi connectivity index (χ3n) is 2.10. The molecule has 0 atom stereocenters. The molecule has 0 fully saturated rings. The van der Waals surface area contributed by atoms with Crippen LogP contribution in [0.1, 0.15) is 13.8 Å². The minimum absolute atomic E-state index is 0.0179. The van der Waals surface area contributed by atoms with Gasteiger partial charge in [-0.15, -0.1) is 0 Å². The lowest BCUT2D eigenvalue weighted by Crippen LogP contribution is -2.08. The quantitative estimate of drug-likeness (QED) is 0.362. The van der Waals surface area contributed by atoms with Gasteiger partial charge in [0.05, 0.1) is 22.0 Å². The number of hydrazone groups is 1. The summed E-state index contributed by atoms with van der Waals surface area (Å²) in [7, 11) is 0. The summed E-state index contributed by atoms with van der Waals surface area (Å²) in [5.74, 6) is 0. The Hall–Kier alpha value is -2.44. The molecule has 0 saturated heterocycles. The monoisotopic (exact) mass is 236 g/mol. The molecule has 0 heterocycles. The Labute approximate surface area is 97.6 Å². The molecule has 7 nitrogen and oxygen atoms in total. The summed E-state index contributed by atoms with van der Waals surface area (Å²) in [6, 6.07) is 5.83. The number of hydrogen-bond donors (Lipinski definition) is 2. The van der Waals surface area contributed by atoms with E-state index in [0.29, 0.717) is 17.1 Å². The topological polar surface area (TPSA) is 100 Å². The Bertz CT molecular complexity index is 465. The number of nitrogens with one attached hydrogen (secondary N) is 1. The van der Waals surface area contributed by atoms with E-state index in [0.717, 1.165) is 0 Å². The van der Waals surface area contributed by atoms with E-state index in [4.69, 9.17) is 5.21 Å². The molecule has 0 aliphatic heterocycles. The Kier molecular flexibility index (Phi) is 4.15. The van der Waals surface area contributed by atoms with Crippen LogP contribution in [0.15, 0.2) is 34.5 Å². The number of non-ortho nitro benzene ring substituents is 1. The first kappa shape index (κ1) is 12.6. The molecule has 1 rings (SSSR count). The maximum absolute atomic E-state index is 10.4. The highest BCUT2D eigenvalue weighted by Crippen LogP contribution is 2.15. The normalized spacial score (nSPS) is 12.4. The molecule has 0 aliphatic carbocycles. The first-order chi connectivity index (χ1) is 8.04. The van der Waals surface area contributed by atoms with E-state index in [2.05, 4.69) is 15.7 Å². The lowest BCUT2D eigenvalue weighted by molar-refractivity contribution is -0.384. The fourth-order valence-corrected chi connectivity index (χ4v) is 0.959. The molecule has 0 spiro atoms. The van der Waals surface area contributed by atoms with Crippen molar-refractivity contribution in [3.8, 4) is 0 Å². The van der Waals surface area contributed by atoms with Crippen LogP contribution < -0.4 is 5.43 Å². The van der Waals surface area contributed by atoms with Gasteiger partial charge in [0, 0.05) is 12.1 Å². The molecule has 0 bridgehead atoms. The summed E-state index contributed by atoms with van der Waals surface area (Å²) in [6.45, 7) is 3.28. The van der Waals surface area contributed by atoms with Gasteiger partial charge in [-0.25, -0.2) is 0 Å². The van der Waals surface area contributed by atoms with Gasteiger partial charge in [0.2, 0.25) is 0 Å². The Morgan fingerprint density at radius 1 is 1.29 bits per heavy atom. The van der Waals surface area contributed by atoms with Crippen molar-refractivity contribution < 1.29 is 10.1 Å². The van der Waals surface area contributed by atoms with Crippen LogP contribution in [0.5, 0.6) is 0 Å². The third kappa shape index (κ3) is 3.56. The van der Waals surface area contributed by atoms with E-state index >= 15 is 0 Å². The van der Waals surface area contributed by atoms with Crippen LogP contribution in [0.25, 0.3) is 0 Å². The molecule has 0 radical (unpaired) electrons. The molecule has 17 heavy (non-hydrogen) atoms. The largest absolute Gasteiger partial charge is 0.411 e. The zero-order valence-electron chi connectivity index (χ0n) is 9.41. The van der Waals surface area contributed by atoms with Crippen LogP contribution in [0.3, 0.4) is 0 Å². The summed E-state index contributed by atoms with van der Waals surface area (Å²) in [6.07, 6.45) is 0. The van der Waals surface area contributed by atoms with E-state index in [9.17, 15) is 10.1 Å². The highest BCUT2D eigenvalue weighted by molar-refractivity contribution is 6.40. The van der Waals surface area contributed by atoms with Crippen molar-refractivity contribution in [2.45, 2.75) is 13.8 Å². The second kappa shape index (κ2) is 5.59.